The van der Waals surface area contributed by atoms with Gasteiger partial charge in [-0.2, -0.15) is 0 Å². The molecule has 0 atom stereocenters. The first-order valence-corrected chi connectivity index (χ1v) is 12.2. The Labute approximate surface area is 200 Å². The summed E-state index contributed by atoms with van der Waals surface area (Å²) >= 11 is 0. The Balaban J connectivity index is 1.51. The minimum absolute atomic E-state index is 0.0622. The lowest BCUT2D eigenvalue weighted by Crippen LogP contribution is -2.36. The molecule has 0 saturated carbocycles. The van der Waals surface area contributed by atoms with Crippen LogP contribution in [0.1, 0.15) is 25.0 Å². The van der Waals surface area contributed by atoms with Crippen LogP contribution in [0.15, 0.2) is 84.9 Å². The number of anilines is 1. The molecule has 0 spiro atoms. The Hall–Kier alpha value is -3.56. The Morgan fingerprint density at radius 1 is 0.706 bits per heavy atom. The van der Waals surface area contributed by atoms with Crippen LogP contribution in [0.3, 0.4) is 0 Å². The van der Waals surface area contributed by atoms with Crippen molar-refractivity contribution in [1.82, 2.24) is 4.57 Å². The van der Waals surface area contributed by atoms with Crippen LogP contribution in [0, 0.1) is 0 Å². The highest BCUT2D eigenvalue weighted by atomic mass is 16.5. The summed E-state index contributed by atoms with van der Waals surface area (Å²) in [5.74, 6) is 0. The van der Waals surface area contributed by atoms with E-state index < -0.39 is 0 Å². The standard InChI is InChI=1S/C31H28N2O/c1-31(2)26-16-11-21-7-3-4-8-24(21)28(26)30-29(31)25-9-5-6-10-27(25)33(30)23-14-12-22(13-15-23)32-17-19-34-20-18-32/h3-16H,17-20H2,1-2H3. The monoisotopic (exact) mass is 444 g/mol. The van der Waals surface area contributed by atoms with Gasteiger partial charge in [-0.1, -0.05) is 68.4 Å². The molecule has 2 heterocycles. The van der Waals surface area contributed by atoms with Gasteiger partial charge in [0.15, 0.2) is 0 Å². The zero-order chi connectivity index (χ0) is 22.9. The number of nitrogens with zero attached hydrogens (tertiary/aromatic N) is 2. The second-order valence-electron chi connectivity index (χ2n) is 10.0. The van der Waals surface area contributed by atoms with Crippen LogP contribution in [0.5, 0.6) is 0 Å². The fraction of sp³-hybridized carbons (Fsp3) is 0.226. The van der Waals surface area contributed by atoms with Gasteiger partial charge in [0.05, 0.1) is 24.4 Å². The van der Waals surface area contributed by atoms with Gasteiger partial charge in [0.1, 0.15) is 0 Å². The summed E-state index contributed by atoms with van der Waals surface area (Å²) in [5, 5.41) is 3.98. The molecular formula is C31H28N2O. The lowest BCUT2D eigenvalue weighted by molar-refractivity contribution is 0.122. The van der Waals surface area contributed by atoms with Crippen LogP contribution < -0.4 is 4.90 Å². The van der Waals surface area contributed by atoms with Crippen LogP contribution in [0.2, 0.25) is 0 Å². The second kappa shape index (κ2) is 7.22. The molecule has 3 heteroatoms. The molecule has 0 radical (unpaired) electrons. The quantitative estimate of drug-likeness (QED) is 0.294. The third-order valence-corrected chi connectivity index (χ3v) is 7.82. The molecular weight excluding hydrogens is 416 g/mol. The summed E-state index contributed by atoms with van der Waals surface area (Å²) in [5.41, 5.74) is 9.28. The normalized spacial score (nSPS) is 16.7. The Kier molecular flexibility index (Phi) is 4.22. The van der Waals surface area contributed by atoms with E-state index >= 15 is 0 Å². The molecule has 0 bridgehead atoms. The van der Waals surface area contributed by atoms with Crippen molar-refractivity contribution in [2.45, 2.75) is 19.3 Å². The molecule has 5 aromatic rings. The predicted molar refractivity (Wildman–Crippen MR) is 141 cm³/mol. The predicted octanol–water partition coefficient (Wildman–Crippen LogP) is 6.93. The van der Waals surface area contributed by atoms with Crippen LogP contribution >= 0.6 is 0 Å². The lowest BCUT2D eigenvalue weighted by Gasteiger charge is -2.29. The maximum atomic E-state index is 5.54. The number of hydrogen-bond donors (Lipinski definition) is 0. The first-order valence-electron chi connectivity index (χ1n) is 12.2. The average molecular weight is 445 g/mol. The van der Waals surface area contributed by atoms with Gasteiger partial charge in [0.2, 0.25) is 0 Å². The number of benzene rings is 4. The van der Waals surface area contributed by atoms with E-state index in [2.05, 4.69) is 108 Å². The third kappa shape index (κ3) is 2.68. The van der Waals surface area contributed by atoms with Gasteiger partial charge in [0, 0.05) is 40.8 Å². The lowest BCUT2D eigenvalue weighted by atomic mass is 9.81. The summed E-state index contributed by atoms with van der Waals surface area (Å²) in [7, 11) is 0. The molecule has 168 valence electrons. The van der Waals surface area contributed by atoms with Crippen molar-refractivity contribution in [3.05, 3.63) is 96.1 Å². The number of aromatic nitrogens is 1. The molecule has 0 unspecified atom stereocenters. The van der Waals surface area contributed by atoms with Crippen LogP contribution in [0.4, 0.5) is 5.69 Å². The van der Waals surface area contributed by atoms with E-state index in [-0.39, 0.29) is 5.41 Å². The Morgan fingerprint density at radius 2 is 1.38 bits per heavy atom. The molecule has 1 aliphatic carbocycles. The first-order chi connectivity index (χ1) is 16.6. The van der Waals surface area contributed by atoms with E-state index in [0.717, 1.165) is 26.3 Å². The summed E-state index contributed by atoms with van der Waals surface area (Å²) in [6, 6.07) is 31.4. The number of ether oxygens (including phenoxy) is 1. The molecule has 1 aliphatic heterocycles. The fourth-order valence-electron chi connectivity index (χ4n) is 6.19. The number of morpholine rings is 1. The summed E-state index contributed by atoms with van der Waals surface area (Å²) in [6.07, 6.45) is 0. The largest absolute Gasteiger partial charge is 0.378 e. The zero-order valence-electron chi connectivity index (χ0n) is 19.7. The maximum absolute atomic E-state index is 5.54. The number of rotatable bonds is 2. The SMILES string of the molecule is CC1(C)c2ccc3ccccc3c2-c2c1c1ccccc1n2-c1ccc(N2CCOCC2)cc1. The average Bonchev–Trinajstić information content (AvgIpc) is 3.35. The number of fused-ring (bicyclic) bond motifs is 7. The zero-order valence-corrected chi connectivity index (χ0v) is 19.7. The molecule has 1 aromatic heterocycles. The maximum Gasteiger partial charge on any atom is 0.0642 e. The van der Waals surface area contributed by atoms with Crippen LogP contribution in [-0.2, 0) is 10.2 Å². The molecule has 0 N–H and O–H groups in total. The van der Waals surface area contributed by atoms with Crippen molar-refractivity contribution in [2.75, 3.05) is 31.2 Å². The van der Waals surface area contributed by atoms with Crippen molar-refractivity contribution in [3.8, 4) is 16.9 Å². The van der Waals surface area contributed by atoms with Crippen molar-refractivity contribution in [3.63, 3.8) is 0 Å². The third-order valence-electron chi connectivity index (χ3n) is 7.82. The van der Waals surface area contributed by atoms with E-state index in [1.807, 2.05) is 0 Å². The van der Waals surface area contributed by atoms with E-state index in [4.69, 9.17) is 4.74 Å². The van der Waals surface area contributed by atoms with Gasteiger partial charge in [-0.3, -0.25) is 0 Å². The molecule has 1 saturated heterocycles. The van der Waals surface area contributed by atoms with E-state index in [0.29, 0.717) is 0 Å². The van der Waals surface area contributed by atoms with Gasteiger partial charge in [0.25, 0.3) is 0 Å². The van der Waals surface area contributed by atoms with Crippen molar-refractivity contribution >= 4 is 27.4 Å². The van der Waals surface area contributed by atoms with E-state index in [1.54, 1.807) is 0 Å². The van der Waals surface area contributed by atoms with Crippen molar-refractivity contribution < 1.29 is 4.74 Å². The molecule has 34 heavy (non-hydrogen) atoms. The smallest absolute Gasteiger partial charge is 0.0642 e. The molecule has 2 aliphatic rings. The van der Waals surface area contributed by atoms with Crippen molar-refractivity contribution in [1.29, 1.82) is 0 Å². The summed E-state index contributed by atoms with van der Waals surface area (Å²) in [4.78, 5) is 2.41. The highest BCUT2D eigenvalue weighted by Gasteiger charge is 2.41. The molecule has 4 aromatic carbocycles. The Morgan fingerprint density at radius 3 is 2.18 bits per heavy atom. The molecule has 1 fully saturated rings. The van der Waals surface area contributed by atoms with E-state index in [9.17, 15) is 0 Å². The van der Waals surface area contributed by atoms with Gasteiger partial charge in [-0.05, 0) is 52.2 Å². The minimum Gasteiger partial charge on any atom is -0.378 e. The van der Waals surface area contributed by atoms with Gasteiger partial charge in [-0.25, -0.2) is 0 Å². The van der Waals surface area contributed by atoms with Gasteiger partial charge >= 0.3 is 0 Å². The second-order valence-corrected chi connectivity index (χ2v) is 10.0. The number of para-hydroxylation sites is 1. The minimum atomic E-state index is -0.0622. The van der Waals surface area contributed by atoms with Crippen molar-refractivity contribution in [2.24, 2.45) is 0 Å². The molecule has 7 rings (SSSR count). The topological polar surface area (TPSA) is 17.4 Å². The highest BCUT2D eigenvalue weighted by molar-refractivity contribution is 6.07. The van der Waals surface area contributed by atoms with E-state index in [1.165, 1.54) is 55.4 Å². The first kappa shape index (κ1) is 19.9. The highest BCUT2D eigenvalue weighted by Crippen LogP contribution is 2.55. The fourth-order valence-corrected chi connectivity index (χ4v) is 6.19. The Bertz CT molecular complexity index is 1550. The molecule has 0 amide bonds. The molecule has 3 nitrogen and oxygen atoms in total. The van der Waals surface area contributed by atoms with Gasteiger partial charge < -0.3 is 14.2 Å². The summed E-state index contributed by atoms with van der Waals surface area (Å²) < 4.78 is 8.04. The summed E-state index contributed by atoms with van der Waals surface area (Å²) in [6.45, 7) is 8.27. The van der Waals surface area contributed by atoms with Crippen LogP contribution in [0.25, 0.3) is 38.6 Å². The van der Waals surface area contributed by atoms with Gasteiger partial charge in [-0.15, -0.1) is 0 Å². The number of hydrogen-bond acceptors (Lipinski definition) is 2. The van der Waals surface area contributed by atoms with Crippen LogP contribution in [-0.4, -0.2) is 30.9 Å².